The lowest BCUT2D eigenvalue weighted by molar-refractivity contribution is -0.126. The number of imide groups is 1. The van der Waals surface area contributed by atoms with Crippen LogP contribution in [0.3, 0.4) is 0 Å². The van der Waals surface area contributed by atoms with Gasteiger partial charge < -0.3 is 10.1 Å². The normalized spacial score (nSPS) is 33.0. The number of hydrogen-bond donors (Lipinski definition) is 2. The summed E-state index contributed by atoms with van der Waals surface area (Å²) < 4.78 is 28.9. The van der Waals surface area contributed by atoms with E-state index in [1.54, 1.807) is 0 Å². The van der Waals surface area contributed by atoms with Crippen LogP contribution in [0.2, 0.25) is 0 Å². The molecule has 5 nitrogen and oxygen atoms in total. The average Bonchev–Trinajstić information content (AvgIpc) is 2.53. The number of amides is 3. The van der Waals surface area contributed by atoms with Gasteiger partial charge in [-0.2, -0.15) is 0 Å². The van der Waals surface area contributed by atoms with Gasteiger partial charge in [0.25, 0.3) is 12.3 Å². The molecule has 0 aromatic rings. The Balaban J connectivity index is 1.85. The predicted molar refractivity (Wildman–Crippen MR) is 53.6 cm³/mol. The van der Waals surface area contributed by atoms with Crippen molar-refractivity contribution in [2.45, 2.75) is 43.8 Å². The zero-order valence-electron chi connectivity index (χ0n) is 9.17. The van der Waals surface area contributed by atoms with Crippen molar-refractivity contribution < 1.29 is 23.1 Å². The third kappa shape index (κ3) is 2.54. The minimum Gasteiger partial charge on any atom is -0.372 e. The van der Waals surface area contributed by atoms with Crippen LogP contribution in [0, 0.1) is 0 Å². The van der Waals surface area contributed by atoms with Crippen LogP contribution in [-0.4, -0.2) is 36.6 Å². The fourth-order valence-corrected chi connectivity index (χ4v) is 2.34. The molecule has 2 N–H and O–H groups in total. The van der Waals surface area contributed by atoms with Gasteiger partial charge in [0.1, 0.15) is 12.1 Å². The fourth-order valence-electron chi connectivity index (χ4n) is 2.34. The van der Waals surface area contributed by atoms with Crippen molar-refractivity contribution in [2.75, 3.05) is 6.61 Å². The van der Waals surface area contributed by atoms with Crippen LogP contribution in [0.5, 0.6) is 0 Å². The highest BCUT2D eigenvalue weighted by Crippen LogP contribution is 2.32. The molecule has 7 heteroatoms. The Labute approximate surface area is 96.9 Å². The van der Waals surface area contributed by atoms with Crippen molar-refractivity contribution in [1.82, 2.24) is 10.6 Å². The lowest BCUT2D eigenvalue weighted by atomic mass is 9.80. The molecule has 1 heterocycles. The smallest absolute Gasteiger partial charge is 0.322 e. The van der Waals surface area contributed by atoms with Gasteiger partial charge in [0.2, 0.25) is 0 Å². The number of carbonyl (C=O) groups is 2. The molecule has 0 unspecified atom stereocenters. The summed E-state index contributed by atoms with van der Waals surface area (Å²) in [7, 11) is 0. The molecule has 3 amide bonds. The molecule has 1 aliphatic carbocycles. The number of carbonyl (C=O) groups excluding carboxylic acids is 2. The first-order chi connectivity index (χ1) is 8.02. The Morgan fingerprint density at radius 3 is 2.47 bits per heavy atom. The molecule has 0 radical (unpaired) electrons. The zero-order valence-corrected chi connectivity index (χ0v) is 9.17. The average molecular weight is 248 g/mol. The summed E-state index contributed by atoms with van der Waals surface area (Å²) in [5.74, 6) is -0.324. The summed E-state index contributed by atoms with van der Waals surface area (Å²) in [5.41, 5.74) is -0.845. The van der Waals surface area contributed by atoms with Crippen molar-refractivity contribution >= 4 is 11.9 Å². The fraction of sp³-hybridized carbons (Fsp3) is 0.800. The Hall–Kier alpha value is -1.24. The SMILES string of the molecule is O=C1NC(=O)C2(CCC(OCC(F)F)CC2)N1. The van der Waals surface area contributed by atoms with E-state index in [0.717, 1.165) is 0 Å². The quantitative estimate of drug-likeness (QED) is 0.725. The van der Waals surface area contributed by atoms with Gasteiger partial charge in [0, 0.05) is 0 Å². The summed E-state index contributed by atoms with van der Waals surface area (Å²) in [6.45, 7) is -0.573. The number of ether oxygens (including phenoxy) is 1. The van der Waals surface area contributed by atoms with E-state index in [1.165, 1.54) is 0 Å². The molecule has 2 rings (SSSR count). The number of alkyl halides is 2. The first kappa shape index (κ1) is 12.2. The first-order valence-corrected chi connectivity index (χ1v) is 5.55. The number of nitrogens with one attached hydrogen (secondary N) is 2. The van der Waals surface area contributed by atoms with Crippen LogP contribution >= 0.6 is 0 Å². The van der Waals surface area contributed by atoms with Gasteiger partial charge in [-0.1, -0.05) is 0 Å². The van der Waals surface area contributed by atoms with Crippen LogP contribution < -0.4 is 10.6 Å². The van der Waals surface area contributed by atoms with E-state index in [0.29, 0.717) is 25.7 Å². The second-order valence-corrected chi connectivity index (χ2v) is 4.41. The molecule has 96 valence electrons. The van der Waals surface area contributed by atoms with Crippen LogP contribution in [0.4, 0.5) is 13.6 Å². The van der Waals surface area contributed by atoms with E-state index in [4.69, 9.17) is 4.74 Å². The van der Waals surface area contributed by atoms with E-state index in [1.807, 2.05) is 0 Å². The maximum Gasteiger partial charge on any atom is 0.322 e. The highest BCUT2D eigenvalue weighted by Gasteiger charge is 2.48. The molecular weight excluding hydrogens is 234 g/mol. The summed E-state index contributed by atoms with van der Waals surface area (Å²) >= 11 is 0. The van der Waals surface area contributed by atoms with Crippen LogP contribution in [0.15, 0.2) is 0 Å². The third-order valence-electron chi connectivity index (χ3n) is 3.26. The summed E-state index contributed by atoms with van der Waals surface area (Å²) in [6, 6.07) is -0.484. The lowest BCUT2D eigenvalue weighted by Crippen LogP contribution is -2.50. The minimum absolute atomic E-state index is 0.250. The third-order valence-corrected chi connectivity index (χ3v) is 3.26. The van der Waals surface area contributed by atoms with E-state index in [-0.39, 0.29) is 12.0 Å². The zero-order chi connectivity index (χ0) is 12.5. The molecule has 1 saturated carbocycles. The maximum atomic E-state index is 12.0. The Morgan fingerprint density at radius 1 is 1.35 bits per heavy atom. The summed E-state index contributed by atoms with van der Waals surface area (Å²) in [4.78, 5) is 22.6. The molecule has 2 aliphatic rings. The maximum absolute atomic E-state index is 12.0. The van der Waals surface area contributed by atoms with Crippen LogP contribution in [-0.2, 0) is 9.53 Å². The topological polar surface area (TPSA) is 67.4 Å². The van der Waals surface area contributed by atoms with Crippen molar-refractivity contribution in [3.05, 3.63) is 0 Å². The summed E-state index contributed by atoms with van der Waals surface area (Å²) in [5, 5.41) is 4.79. The van der Waals surface area contributed by atoms with Crippen molar-refractivity contribution in [3.8, 4) is 0 Å². The standard InChI is InChI=1S/C10H14F2N2O3/c11-7(12)5-17-6-1-3-10(4-2-6)8(15)13-9(16)14-10/h6-7H,1-5H2,(H2,13,14,15,16). The molecule has 1 spiro atoms. The van der Waals surface area contributed by atoms with Gasteiger partial charge in [-0.15, -0.1) is 0 Å². The molecule has 0 aromatic heterocycles. The predicted octanol–water partition coefficient (Wildman–Crippen LogP) is 0.789. The Morgan fingerprint density at radius 2 is 2.00 bits per heavy atom. The molecule has 0 atom stereocenters. The number of urea groups is 1. The molecule has 0 bridgehead atoms. The Bertz CT molecular complexity index is 328. The van der Waals surface area contributed by atoms with Crippen molar-refractivity contribution in [3.63, 3.8) is 0 Å². The lowest BCUT2D eigenvalue weighted by Gasteiger charge is -2.34. The highest BCUT2D eigenvalue weighted by atomic mass is 19.3. The molecule has 0 aromatic carbocycles. The van der Waals surface area contributed by atoms with E-state index in [9.17, 15) is 18.4 Å². The number of rotatable bonds is 3. The molecule has 1 saturated heterocycles. The van der Waals surface area contributed by atoms with E-state index < -0.39 is 24.6 Å². The first-order valence-electron chi connectivity index (χ1n) is 5.55. The van der Waals surface area contributed by atoms with E-state index in [2.05, 4.69) is 10.6 Å². The summed E-state index contributed by atoms with van der Waals surface area (Å²) in [6.07, 6.45) is -0.863. The second-order valence-electron chi connectivity index (χ2n) is 4.41. The van der Waals surface area contributed by atoms with Crippen LogP contribution in [0.25, 0.3) is 0 Å². The van der Waals surface area contributed by atoms with E-state index >= 15 is 0 Å². The molecule has 1 aliphatic heterocycles. The highest BCUT2D eigenvalue weighted by molar-refractivity contribution is 6.07. The largest absolute Gasteiger partial charge is 0.372 e. The molecular formula is C10H14F2N2O3. The number of halogens is 2. The van der Waals surface area contributed by atoms with Gasteiger partial charge in [-0.25, -0.2) is 13.6 Å². The van der Waals surface area contributed by atoms with Gasteiger partial charge in [-0.05, 0) is 25.7 Å². The van der Waals surface area contributed by atoms with Gasteiger partial charge in [0.05, 0.1) is 6.10 Å². The van der Waals surface area contributed by atoms with Gasteiger partial charge in [0.15, 0.2) is 0 Å². The Kier molecular flexibility index (Phi) is 3.28. The van der Waals surface area contributed by atoms with Gasteiger partial charge >= 0.3 is 6.03 Å². The minimum atomic E-state index is -2.47. The second kappa shape index (κ2) is 4.56. The number of hydrogen-bond acceptors (Lipinski definition) is 3. The van der Waals surface area contributed by atoms with Gasteiger partial charge in [-0.3, -0.25) is 10.1 Å². The van der Waals surface area contributed by atoms with Crippen LogP contribution in [0.1, 0.15) is 25.7 Å². The monoisotopic (exact) mass is 248 g/mol. The molecule has 2 fully saturated rings. The van der Waals surface area contributed by atoms with Crippen molar-refractivity contribution in [1.29, 1.82) is 0 Å². The molecule has 17 heavy (non-hydrogen) atoms. The van der Waals surface area contributed by atoms with Crippen molar-refractivity contribution in [2.24, 2.45) is 0 Å².